The molecule has 1 aliphatic carbocycles. The Morgan fingerprint density at radius 1 is 1.14 bits per heavy atom. The van der Waals surface area contributed by atoms with Crippen LogP contribution < -0.4 is 4.74 Å². The molecule has 0 saturated heterocycles. The molecule has 2 rings (SSSR count). The summed E-state index contributed by atoms with van der Waals surface area (Å²) in [5, 5.41) is 20.1. The van der Waals surface area contributed by atoms with Crippen molar-refractivity contribution in [3.63, 3.8) is 0 Å². The summed E-state index contributed by atoms with van der Waals surface area (Å²) in [4.78, 5) is 11.7. The predicted octanol–water partition coefficient (Wildman–Crippen LogP) is 5.28. The molecule has 2 unspecified atom stereocenters. The molecule has 6 heteroatoms. The first-order chi connectivity index (χ1) is 13.4. The van der Waals surface area contributed by atoms with Gasteiger partial charge in [0.15, 0.2) is 11.6 Å². The van der Waals surface area contributed by atoms with Gasteiger partial charge in [0, 0.05) is 5.56 Å². The van der Waals surface area contributed by atoms with E-state index in [4.69, 9.17) is 4.74 Å². The minimum atomic E-state index is -1.22. The van der Waals surface area contributed by atoms with Gasteiger partial charge in [-0.05, 0) is 50.5 Å². The summed E-state index contributed by atoms with van der Waals surface area (Å²) in [7, 11) is 0. The SMILES string of the molecule is CCCC1CCC(C(O)CCC(C(=O)O)c2ccc(OCC)c(F)c2F)CC1. The highest BCUT2D eigenvalue weighted by Crippen LogP contribution is 2.36. The molecule has 1 fully saturated rings. The Labute approximate surface area is 165 Å². The van der Waals surface area contributed by atoms with E-state index in [1.165, 1.54) is 25.0 Å². The smallest absolute Gasteiger partial charge is 0.311 e. The zero-order chi connectivity index (χ0) is 20.7. The average molecular weight is 398 g/mol. The molecule has 0 aliphatic heterocycles. The van der Waals surface area contributed by atoms with E-state index in [2.05, 4.69) is 6.92 Å². The fourth-order valence-corrected chi connectivity index (χ4v) is 4.34. The molecule has 0 amide bonds. The van der Waals surface area contributed by atoms with Crippen LogP contribution in [-0.2, 0) is 4.79 Å². The number of hydrogen-bond donors (Lipinski definition) is 2. The van der Waals surface area contributed by atoms with Gasteiger partial charge in [-0.2, -0.15) is 4.39 Å². The Kier molecular flexibility index (Phi) is 8.67. The molecule has 1 saturated carbocycles. The lowest BCUT2D eigenvalue weighted by Gasteiger charge is -2.31. The Bertz CT molecular complexity index is 642. The Morgan fingerprint density at radius 2 is 1.82 bits per heavy atom. The quantitative estimate of drug-likeness (QED) is 0.563. The van der Waals surface area contributed by atoms with Crippen LogP contribution >= 0.6 is 0 Å². The van der Waals surface area contributed by atoms with Crippen LogP contribution in [0.1, 0.15) is 76.7 Å². The van der Waals surface area contributed by atoms with E-state index < -0.39 is 29.6 Å². The first kappa shape index (κ1) is 22.6. The van der Waals surface area contributed by atoms with Crippen molar-refractivity contribution < 1.29 is 28.5 Å². The van der Waals surface area contributed by atoms with Crippen molar-refractivity contribution in [1.82, 2.24) is 0 Å². The van der Waals surface area contributed by atoms with Crippen molar-refractivity contribution in [3.8, 4) is 5.75 Å². The van der Waals surface area contributed by atoms with Gasteiger partial charge in [-0.25, -0.2) is 4.39 Å². The maximum absolute atomic E-state index is 14.4. The molecule has 1 aromatic rings. The van der Waals surface area contributed by atoms with E-state index >= 15 is 0 Å². The lowest BCUT2D eigenvalue weighted by Crippen LogP contribution is -2.27. The first-order valence-electron chi connectivity index (χ1n) is 10.4. The van der Waals surface area contributed by atoms with Gasteiger partial charge in [-0.15, -0.1) is 0 Å². The lowest BCUT2D eigenvalue weighted by molar-refractivity contribution is -0.139. The van der Waals surface area contributed by atoms with Crippen molar-refractivity contribution in [1.29, 1.82) is 0 Å². The van der Waals surface area contributed by atoms with Gasteiger partial charge in [0.2, 0.25) is 5.82 Å². The predicted molar refractivity (Wildman–Crippen MR) is 104 cm³/mol. The van der Waals surface area contributed by atoms with Crippen LogP contribution in [-0.4, -0.2) is 28.9 Å². The number of aliphatic carboxylic acids is 1. The minimum Gasteiger partial charge on any atom is -0.491 e. The highest BCUT2D eigenvalue weighted by atomic mass is 19.2. The molecular weight excluding hydrogens is 366 g/mol. The number of halogens is 2. The first-order valence-corrected chi connectivity index (χ1v) is 10.4. The molecule has 1 aromatic carbocycles. The largest absolute Gasteiger partial charge is 0.491 e. The second kappa shape index (κ2) is 10.7. The number of hydrogen-bond acceptors (Lipinski definition) is 3. The number of rotatable bonds is 10. The maximum Gasteiger partial charge on any atom is 0.311 e. The van der Waals surface area contributed by atoms with Crippen molar-refractivity contribution in [2.75, 3.05) is 6.61 Å². The summed E-state index contributed by atoms with van der Waals surface area (Å²) in [6.45, 7) is 4.02. The Morgan fingerprint density at radius 3 is 2.39 bits per heavy atom. The van der Waals surface area contributed by atoms with Gasteiger partial charge in [-0.1, -0.05) is 38.7 Å². The number of aliphatic hydroxyl groups excluding tert-OH is 1. The molecule has 2 N–H and O–H groups in total. The normalized spacial score (nSPS) is 21.9. The maximum atomic E-state index is 14.4. The number of benzene rings is 1. The van der Waals surface area contributed by atoms with Crippen molar-refractivity contribution in [2.45, 2.75) is 77.2 Å². The van der Waals surface area contributed by atoms with Crippen LogP contribution in [0.25, 0.3) is 0 Å². The van der Waals surface area contributed by atoms with Gasteiger partial charge in [0.05, 0.1) is 18.6 Å². The highest BCUT2D eigenvalue weighted by molar-refractivity contribution is 5.76. The molecule has 0 heterocycles. The van der Waals surface area contributed by atoms with Crippen molar-refractivity contribution in [3.05, 3.63) is 29.3 Å². The lowest BCUT2D eigenvalue weighted by atomic mass is 9.76. The van der Waals surface area contributed by atoms with Gasteiger partial charge in [-0.3, -0.25) is 4.79 Å². The van der Waals surface area contributed by atoms with E-state index in [0.717, 1.165) is 31.6 Å². The van der Waals surface area contributed by atoms with Crippen molar-refractivity contribution >= 4 is 5.97 Å². The summed E-state index contributed by atoms with van der Waals surface area (Å²) in [5.74, 6) is -4.12. The molecular formula is C22H32F2O4. The van der Waals surface area contributed by atoms with E-state index in [1.54, 1.807) is 6.92 Å². The topological polar surface area (TPSA) is 66.8 Å². The van der Waals surface area contributed by atoms with E-state index in [0.29, 0.717) is 0 Å². The highest BCUT2D eigenvalue weighted by Gasteiger charge is 2.30. The van der Waals surface area contributed by atoms with Crippen LogP contribution in [0.4, 0.5) is 8.78 Å². The standard InChI is InChI=1S/C22H32F2O4/c1-3-5-14-6-8-15(9-7-14)18(25)12-10-17(22(26)27)16-11-13-19(28-4-2)21(24)20(16)23/h11,13-15,17-18,25H,3-10,12H2,1-2H3,(H,26,27). The van der Waals surface area contributed by atoms with Crippen LogP contribution in [0.3, 0.4) is 0 Å². The number of carboxylic acid groups (broad SMARTS) is 1. The van der Waals surface area contributed by atoms with E-state index in [-0.39, 0.29) is 36.7 Å². The molecule has 0 bridgehead atoms. The number of carboxylic acids is 1. The third-order valence-electron chi connectivity index (χ3n) is 5.93. The molecule has 0 aromatic heterocycles. The summed E-state index contributed by atoms with van der Waals surface area (Å²) in [6, 6.07) is 2.53. The summed E-state index contributed by atoms with van der Waals surface area (Å²) < 4.78 is 33.5. The molecule has 28 heavy (non-hydrogen) atoms. The third-order valence-corrected chi connectivity index (χ3v) is 5.93. The number of carbonyl (C=O) groups is 1. The molecule has 1 aliphatic rings. The summed E-state index contributed by atoms with van der Waals surface area (Å²) >= 11 is 0. The zero-order valence-electron chi connectivity index (χ0n) is 16.8. The second-order valence-electron chi connectivity index (χ2n) is 7.82. The third kappa shape index (κ3) is 5.66. The summed E-state index contributed by atoms with van der Waals surface area (Å²) in [6.07, 6.45) is 6.16. The number of aliphatic hydroxyl groups is 1. The van der Waals surface area contributed by atoms with E-state index in [1.807, 2.05) is 0 Å². The van der Waals surface area contributed by atoms with Gasteiger partial charge in [0.25, 0.3) is 0 Å². The average Bonchev–Trinajstić information content (AvgIpc) is 2.67. The molecule has 0 radical (unpaired) electrons. The van der Waals surface area contributed by atoms with Gasteiger partial charge >= 0.3 is 5.97 Å². The Hall–Kier alpha value is -1.69. The fourth-order valence-electron chi connectivity index (χ4n) is 4.34. The van der Waals surface area contributed by atoms with Gasteiger partial charge < -0.3 is 14.9 Å². The van der Waals surface area contributed by atoms with Crippen LogP contribution in [0.5, 0.6) is 5.75 Å². The second-order valence-corrected chi connectivity index (χ2v) is 7.82. The zero-order valence-corrected chi connectivity index (χ0v) is 16.8. The van der Waals surface area contributed by atoms with Crippen LogP contribution in [0.15, 0.2) is 12.1 Å². The number of ether oxygens (including phenoxy) is 1. The molecule has 158 valence electrons. The molecule has 0 spiro atoms. The fraction of sp³-hybridized carbons (Fsp3) is 0.682. The van der Waals surface area contributed by atoms with Gasteiger partial charge in [0.1, 0.15) is 0 Å². The summed E-state index contributed by atoms with van der Waals surface area (Å²) in [5.41, 5.74) is -0.202. The monoisotopic (exact) mass is 398 g/mol. The molecule has 2 atom stereocenters. The van der Waals surface area contributed by atoms with Crippen molar-refractivity contribution in [2.24, 2.45) is 11.8 Å². The minimum absolute atomic E-state index is 0.0652. The van der Waals surface area contributed by atoms with E-state index in [9.17, 15) is 23.8 Å². The molecule has 4 nitrogen and oxygen atoms in total. The van der Waals surface area contributed by atoms with Crippen LogP contribution in [0.2, 0.25) is 0 Å². The van der Waals surface area contributed by atoms with Crippen LogP contribution in [0, 0.1) is 23.5 Å². The Balaban J connectivity index is 2.00.